The summed E-state index contributed by atoms with van der Waals surface area (Å²) in [6, 6.07) is 8.39. The molecule has 34 heavy (non-hydrogen) atoms. The summed E-state index contributed by atoms with van der Waals surface area (Å²) in [4.78, 5) is 53.6. The molecule has 2 aliphatic rings. The minimum atomic E-state index is -1.02. The molecule has 1 aromatic heterocycles. The third-order valence-corrected chi connectivity index (χ3v) is 6.54. The van der Waals surface area contributed by atoms with Gasteiger partial charge in [0, 0.05) is 26.2 Å². The highest BCUT2D eigenvalue weighted by atomic mass is 35.5. The molecule has 1 atom stereocenters. The molecule has 3 heterocycles. The number of para-hydroxylation sites is 1. The van der Waals surface area contributed by atoms with Gasteiger partial charge >= 0.3 is 6.03 Å². The summed E-state index contributed by atoms with van der Waals surface area (Å²) in [6.45, 7) is 5.54. The molecule has 2 fully saturated rings. The third kappa shape index (κ3) is 4.48. The van der Waals surface area contributed by atoms with Gasteiger partial charge in [-0.05, 0) is 25.5 Å². The van der Waals surface area contributed by atoms with E-state index in [0.29, 0.717) is 44.0 Å². The zero-order valence-electron chi connectivity index (χ0n) is 19.0. The van der Waals surface area contributed by atoms with Crippen LogP contribution in [0.25, 0.3) is 5.69 Å². The van der Waals surface area contributed by atoms with E-state index < -0.39 is 28.9 Å². The van der Waals surface area contributed by atoms with E-state index in [2.05, 4.69) is 15.8 Å². The first-order valence-corrected chi connectivity index (χ1v) is 11.4. The number of nitrogens with one attached hydrogen (secondary N) is 2. The smallest absolute Gasteiger partial charge is 0.344 e. The van der Waals surface area contributed by atoms with Crippen molar-refractivity contribution in [3.63, 3.8) is 0 Å². The molecule has 1 aromatic carbocycles. The molecular weight excluding hydrogens is 462 g/mol. The quantitative estimate of drug-likeness (QED) is 0.577. The van der Waals surface area contributed by atoms with E-state index in [1.807, 2.05) is 28.0 Å². The Morgan fingerprint density at radius 3 is 2.44 bits per heavy atom. The van der Waals surface area contributed by atoms with Crippen molar-refractivity contribution in [3.8, 4) is 5.69 Å². The summed E-state index contributed by atoms with van der Waals surface area (Å²) in [5, 5.41) is 7.69. The third-order valence-electron chi connectivity index (χ3n) is 6.19. The standard InChI is InChI=1S/C22H26ClN7O4/c1-3-22(2)20(33)30(21(34)25-22)26-17(31)14-27-9-11-28(12-10-27)16-13-24-29(19(32)18(16)23)15-7-5-4-6-8-15/h4-8,13H,3,9-12,14H2,1-2H3,(H,25,34)(H,26,31). The Labute approximate surface area is 201 Å². The van der Waals surface area contributed by atoms with Gasteiger partial charge in [-0.25, -0.2) is 4.79 Å². The summed E-state index contributed by atoms with van der Waals surface area (Å²) in [5.74, 6) is -0.937. The van der Waals surface area contributed by atoms with Crippen LogP contribution in [0.5, 0.6) is 0 Å². The molecule has 12 heteroatoms. The van der Waals surface area contributed by atoms with E-state index in [0.717, 1.165) is 5.01 Å². The highest BCUT2D eigenvalue weighted by Gasteiger charge is 2.47. The van der Waals surface area contributed by atoms with Crippen molar-refractivity contribution < 1.29 is 14.4 Å². The van der Waals surface area contributed by atoms with E-state index in [1.54, 1.807) is 32.2 Å². The van der Waals surface area contributed by atoms with Crippen molar-refractivity contribution in [1.82, 2.24) is 30.4 Å². The monoisotopic (exact) mass is 487 g/mol. The number of urea groups is 1. The second-order valence-corrected chi connectivity index (χ2v) is 8.83. The first-order valence-electron chi connectivity index (χ1n) is 11.0. The van der Waals surface area contributed by atoms with Gasteiger partial charge in [0.2, 0.25) is 0 Å². The summed E-state index contributed by atoms with van der Waals surface area (Å²) < 4.78 is 1.26. The fraction of sp³-hybridized carbons (Fsp3) is 0.409. The van der Waals surface area contributed by atoms with Crippen LogP contribution in [0.2, 0.25) is 5.02 Å². The lowest BCUT2D eigenvalue weighted by atomic mass is 10.00. The normalized spacial score (nSPS) is 21.0. The van der Waals surface area contributed by atoms with Crippen LogP contribution in [0.4, 0.5) is 10.5 Å². The Morgan fingerprint density at radius 2 is 1.82 bits per heavy atom. The maximum Gasteiger partial charge on any atom is 0.344 e. The van der Waals surface area contributed by atoms with Gasteiger partial charge in [-0.1, -0.05) is 36.7 Å². The lowest BCUT2D eigenvalue weighted by Crippen LogP contribution is -2.54. The van der Waals surface area contributed by atoms with E-state index in [-0.39, 0.29) is 11.6 Å². The van der Waals surface area contributed by atoms with E-state index in [4.69, 9.17) is 11.6 Å². The van der Waals surface area contributed by atoms with E-state index in [1.165, 1.54) is 4.68 Å². The number of carbonyl (C=O) groups is 3. The zero-order valence-corrected chi connectivity index (χ0v) is 19.7. The summed E-state index contributed by atoms with van der Waals surface area (Å²) in [7, 11) is 0. The van der Waals surface area contributed by atoms with Gasteiger partial charge in [-0.15, -0.1) is 0 Å². The number of hydrogen-bond acceptors (Lipinski definition) is 7. The Morgan fingerprint density at radius 1 is 1.15 bits per heavy atom. The molecule has 2 saturated heterocycles. The molecule has 4 rings (SSSR count). The predicted octanol–water partition coefficient (Wildman–Crippen LogP) is 0.760. The van der Waals surface area contributed by atoms with Crippen LogP contribution in [0.15, 0.2) is 41.3 Å². The SMILES string of the molecule is CCC1(C)NC(=O)N(NC(=O)CN2CCN(c3cnn(-c4ccccc4)c(=O)c3Cl)CC2)C1=O. The number of amides is 4. The largest absolute Gasteiger partial charge is 0.366 e. The van der Waals surface area contributed by atoms with Gasteiger partial charge in [-0.3, -0.25) is 24.7 Å². The fourth-order valence-electron chi connectivity index (χ4n) is 3.93. The number of nitrogens with zero attached hydrogens (tertiary/aromatic N) is 5. The molecule has 0 saturated carbocycles. The number of hydrazine groups is 1. The zero-order chi connectivity index (χ0) is 24.5. The number of rotatable bonds is 6. The molecule has 2 N–H and O–H groups in total. The maximum atomic E-state index is 12.7. The lowest BCUT2D eigenvalue weighted by molar-refractivity contribution is -0.139. The minimum Gasteiger partial charge on any atom is -0.366 e. The van der Waals surface area contributed by atoms with Crippen LogP contribution in [-0.2, 0) is 9.59 Å². The Bertz CT molecular complexity index is 1160. The molecule has 180 valence electrons. The molecule has 0 spiro atoms. The van der Waals surface area contributed by atoms with Gasteiger partial charge in [0.1, 0.15) is 10.6 Å². The molecule has 1 unspecified atom stereocenters. The van der Waals surface area contributed by atoms with Gasteiger partial charge in [-0.2, -0.15) is 14.8 Å². The maximum absolute atomic E-state index is 12.7. The van der Waals surface area contributed by atoms with Crippen LogP contribution in [0.1, 0.15) is 20.3 Å². The average molecular weight is 488 g/mol. The van der Waals surface area contributed by atoms with Crippen LogP contribution in [-0.4, -0.2) is 75.8 Å². The second kappa shape index (κ2) is 9.43. The molecule has 2 aromatic rings. The van der Waals surface area contributed by atoms with Gasteiger partial charge in [0.05, 0.1) is 24.1 Å². The number of aromatic nitrogens is 2. The van der Waals surface area contributed by atoms with E-state index >= 15 is 0 Å². The highest BCUT2D eigenvalue weighted by Crippen LogP contribution is 2.23. The molecule has 11 nitrogen and oxygen atoms in total. The van der Waals surface area contributed by atoms with Crippen molar-refractivity contribution in [2.45, 2.75) is 25.8 Å². The van der Waals surface area contributed by atoms with Crippen molar-refractivity contribution in [1.29, 1.82) is 0 Å². The average Bonchev–Trinajstić information content (AvgIpc) is 3.05. The lowest BCUT2D eigenvalue weighted by Gasteiger charge is -2.35. The van der Waals surface area contributed by atoms with Gasteiger partial charge in [0.15, 0.2) is 0 Å². The highest BCUT2D eigenvalue weighted by molar-refractivity contribution is 6.33. The van der Waals surface area contributed by atoms with Crippen LogP contribution in [0, 0.1) is 0 Å². The first-order chi connectivity index (χ1) is 16.2. The second-order valence-electron chi connectivity index (χ2n) is 8.45. The molecule has 0 aliphatic carbocycles. The van der Waals surface area contributed by atoms with Crippen LogP contribution in [0.3, 0.4) is 0 Å². The summed E-state index contributed by atoms with van der Waals surface area (Å²) >= 11 is 6.39. The summed E-state index contributed by atoms with van der Waals surface area (Å²) in [6.07, 6.45) is 1.99. The van der Waals surface area contributed by atoms with Crippen molar-refractivity contribution in [2.24, 2.45) is 0 Å². The molecule has 4 amide bonds. The van der Waals surface area contributed by atoms with Crippen LogP contribution >= 0.6 is 11.6 Å². The minimum absolute atomic E-state index is 0.0231. The molecule has 2 aliphatic heterocycles. The number of halogens is 1. The van der Waals surface area contributed by atoms with Gasteiger partial charge in [0.25, 0.3) is 17.4 Å². The van der Waals surface area contributed by atoms with E-state index in [9.17, 15) is 19.2 Å². The fourth-order valence-corrected chi connectivity index (χ4v) is 4.18. The Kier molecular flexibility index (Phi) is 6.58. The van der Waals surface area contributed by atoms with Crippen molar-refractivity contribution in [2.75, 3.05) is 37.6 Å². The number of carbonyl (C=O) groups excluding carboxylic acids is 3. The number of hydrogen-bond donors (Lipinski definition) is 2. The number of piperazine rings is 1. The van der Waals surface area contributed by atoms with Crippen LogP contribution < -0.4 is 21.2 Å². The van der Waals surface area contributed by atoms with Crippen molar-refractivity contribution >= 4 is 35.1 Å². The number of anilines is 1. The topological polar surface area (TPSA) is 120 Å². The number of imide groups is 1. The molecule has 0 bridgehead atoms. The molecule has 0 radical (unpaired) electrons. The van der Waals surface area contributed by atoms with Crippen molar-refractivity contribution in [3.05, 3.63) is 51.9 Å². The Balaban J connectivity index is 1.35. The number of benzene rings is 1. The Hall–Kier alpha value is -3.44. The summed E-state index contributed by atoms with van der Waals surface area (Å²) in [5.41, 5.74) is 2.15. The predicted molar refractivity (Wildman–Crippen MR) is 126 cm³/mol. The molecular formula is C22H26ClN7O4. The first kappa shape index (κ1) is 23.7. The van der Waals surface area contributed by atoms with Gasteiger partial charge < -0.3 is 10.2 Å².